The standard InChI is InChI=1S/C85H50B4N6OS/c96-85-55-45-63-71(92(53-29-9-3-10-30-53)75-47-73-79-83-81(75)88(63)61-37-17-23-43-69(61)94(83)67-41-21-15-35-59(67)86(79)57-33-13-19-39-65(57)90(73)51-25-5-1-6-26-51)49-77(55)97-78-50-72-64(46-56(78)85)89-62-38-18-24-44-70(62)95-68-42-22-16-36-60(68)87-58-34-14-20-40-66(58)91(52-27-7-2-8-28-52)74-48-76(82(89)84(95)80(74)87)93(72)54-31-11-4-12-32-54/h1-50H. The van der Waals surface area contributed by atoms with Gasteiger partial charge < -0.3 is 29.4 Å². The minimum absolute atomic E-state index is 0.0356. The first-order valence-corrected chi connectivity index (χ1v) is 34.5. The molecule has 7 nitrogen and oxygen atoms in total. The lowest BCUT2D eigenvalue weighted by Gasteiger charge is -2.51. The average molecular weight is 1250 g/mol. The van der Waals surface area contributed by atoms with Crippen LogP contribution in [0.5, 0.6) is 0 Å². The van der Waals surface area contributed by atoms with E-state index in [2.05, 4.69) is 333 Å². The Labute approximate surface area is 565 Å². The molecule has 0 aliphatic carbocycles. The second kappa shape index (κ2) is 19.1. The fourth-order valence-corrected chi connectivity index (χ4v) is 19.8. The predicted octanol–water partition coefficient (Wildman–Crippen LogP) is 12.8. The smallest absolute Gasteiger partial charge is 0.252 e. The molecule has 444 valence electrons. The predicted molar refractivity (Wildman–Crippen MR) is 412 cm³/mol. The number of rotatable bonds is 4. The van der Waals surface area contributed by atoms with Gasteiger partial charge >= 0.3 is 0 Å². The first-order valence-electron chi connectivity index (χ1n) is 33.7. The first kappa shape index (κ1) is 52.4. The molecule has 0 spiro atoms. The van der Waals surface area contributed by atoms with E-state index in [0.29, 0.717) is 0 Å². The molecule has 97 heavy (non-hydrogen) atoms. The second-order valence-electron chi connectivity index (χ2n) is 26.9. The molecule has 0 atom stereocenters. The molecule has 8 aliphatic rings. The van der Waals surface area contributed by atoms with Crippen LogP contribution in [0.25, 0.3) is 20.2 Å². The maximum absolute atomic E-state index is 16.7. The van der Waals surface area contributed by atoms with E-state index in [4.69, 9.17) is 0 Å². The molecule has 12 heteroatoms. The van der Waals surface area contributed by atoms with Crippen LogP contribution in [-0.4, -0.2) is 26.9 Å². The van der Waals surface area contributed by atoms with Gasteiger partial charge in [0.2, 0.25) is 0 Å². The third-order valence-corrected chi connectivity index (χ3v) is 23.4. The minimum Gasteiger partial charge on any atom is -0.312 e. The lowest BCUT2D eigenvalue weighted by molar-refractivity contribution is 1.23. The van der Waals surface area contributed by atoms with Gasteiger partial charge in [0.1, 0.15) is 0 Å². The van der Waals surface area contributed by atoms with E-state index >= 15 is 4.79 Å². The van der Waals surface area contributed by atoms with Gasteiger partial charge in [0.25, 0.3) is 26.9 Å². The summed E-state index contributed by atoms with van der Waals surface area (Å²) >= 11 is 1.73. The molecule has 0 N–H and O–H groups in total. The molecule has 23 rings (SSSR count). The van der Waals surface area contributed by atoms with Crippen molar-refractivity contribution in [3.63, 3.8) is 0 Å². The van der Waals surface area contributed by atoms with Crippen molar-refractivity contribution >= 4 is 226 Å². The van der Waals surface area contributed by atoms with Crippen LogP contribution < -0.4 is 100 Å². The summed E-state index contributed by atoms with van der Waals surface area (Å²) in [6.45, 7) is -0.491. The average Bonchev–Trinajstić information content (AvgIpc) is 0.674. The number of fused-ring (bicyclic) bond motifs is 22. The summed E-state index contributed by atoms with van der Waals surface area (Å²) < 4.78 is 1.89. The molecule has 0 radical (unpaired) electrons. The minimum atomic E-state index is -0.210. The Morgan fingerprint density at radius 2 is 0.454 bits per heavy atom. The van der Waals surface area contributed by atoms with Crippen molar-refractivity contribution in [2.24, 2.45) is 0 Å². The maximum atomic E-state index is 16.7. The normalized spacial score (nSPS) is 14.4. The van der Waals surface area contributed by atoms with Crippen molar-refractivity contribution in [2.45, 2.75) is 0 Å². The van der Waals surface area contributed by atoms with Crippen molar-refractivity contribution in [3.8, 4) is 0 Å². The van der Waals surface area contributed by atoms with Crippen molar-refractivity contribution in [1.29, 1.82) is 0 Å². The summed E-state index contributed by atoms with van der Waals surface area (Å²) in [5.74, 6) is 0. The van der Waals surface area contributed by atoms with Crippen molar-refractivity contribution in [1.82, 2.24) is 0 Å². The molecule has 1 aromatic heterocycles. The molecule has 15 aromatic rings. The van der Waals surface area contributed by atoms with E-state index in [1.165, 1.54) is 88.8 Å². The second-order valence-corrected chi connectivity index (χ2v) is 28.0. The third-order valence-electron chi connectivity index (χ3n) is 22.3. The molecule has 0 bridgehead atoms. The maximum Gasteiger partial charge on any atom is 0.252 e. The Kier molecular flexibility index (Phi) is 10.3. The van der Waals surface area contributed by atoms with Crippen LogP contribution in [0.4, 0.5) is 102 Å². The zero-order chi connectivity index (χ0) is 63.0. The van der Waals surface area contributed by atoms with E-state index in [0.717, 1.165) is 99.3 Å². The summed E-state index contributed by atoms with van der Waals surface area (Å²) in [6, 6.07) is 112. The molecule has 9 heterocycles. The molecule has 14 aromatic carbocycles. The van der Waals surface area contributed by atoms with E-state index in [9.17, 15) is 0 Å². The molecular weight excluding hydrogens is 1200 g/mol. The molecule has 8 aliphatic heterocycles. The third kappa shape index (κ3) is 6.72. The molecule has 0 fully saturated rings. The highest BCUT2D eigenvalue weighted by molar-refractivity contribution is 7.24. The van der Waals surface area contributed by atoms with Crippen LogP contribution in [0.1, 0.15) is 0 Å². The highest BCUT2D eigenvalue weighted by Crippen LogP contribution is 2.53. The number of anilines is 18. The Morgan fingerprint density at radius 3 is 0.742 bits per heavy atom. The first-order chi connectivity index (χ1) is 48.1. The van der Waals surface area contributed by atoms with Crippen LogP contribution >= 0.6 is 11.3 Å². The van der Waals surface area contributed by atoms with Crippen LogP contribution in [0.15, 0.2) is 308 Å². The number of para-hydroxylation sites is 10. The Balaban J connectivity index is 0.804. The summed E-state index contributed by atoms with van der Waals surface area (Å²) in [5.41, 5.74) is 35.5. The van der Waals surface area contributed by atoms with Gasteiger partial charge in [0, 0.05) is 123 Å². The summed E-state index contributed by atoms with van der Waals surface area (Å²) in [4.78, 5) is 31.9. The zero-order valence-corrected chi connectivity index (χ0v) is 53.0. The van der Waals surface area contributed by atoms with Gasteiger partial charge in [0.05, 0.1) is 0 Å². The Hall–Kier alpha value is -12.0. The van der Waals surface area contributed by atoms with Gasteiger partial charge in [0.15, 0.2) is 5.43 Å². The SMILES string of the molecule is O=c1c2cc3c(cc2sc2cc4c(cc12)B1c2ccccc2N2c5ccccc5B5c6ccccc6N(c6ccccc6)c6cc(c1c2c65)N4c1ccccc1)N(c1ccccc1)c1cc2c4c5c1B3c1ccccc1N5c1ccccc1B4c1ccccc1N2c1ccccc1. The Morgan fingerprint density at radius 1 is 0.216 bits per heavy atom. The largest absolute Gasteiger partial charge is 0.312 e. The molecule has 0 amide bonds. The van der Waals surface area contributed by atoms with E-state index < -0.39 is 0 Å². The zero-order valence-electron chi connectivity index (χ0n) is 52.2. The fraction of sp³-hybridized carbons (Fsp3) is 0. The van der Waals surface area contributed by atoms with Crippen LogP contribution in [0.3, 0.4) is 0 Å². The van der Waals surface area contributed by atoms with Gasteiger partial charge in [-0.2, -0.15) is 0 Å². The topological polar surface area (TPSA) is 36.5 Å². The number of hydrogen-bond donors (Lipinski definition) is 0. The lowest BCUT2D eigenvalue weighted by atomic mass is 9.28. The monoisotopic (exact) mass is 1250 g/mol. The van der Waals surface area contributed by atoms with Gasteiger partial charge in [-0.1, -0.05) is 194 Å². The van der Waals surface area contributed by atoms with Gasteiger partial charge in [-0.05, 0) is 175 Å². The number of hydrogen-bond acceptors (Lipinski definition) is 8. The summed E-state index contributed by atoms with van der Waals surface area (Å²) in [7, 11) is 0. The highest BCUT2D eigenvalue weighted by Gasteiger charge is 2.54. The number of nitrogens with zero attached hydrogens (tertiary/aromatic N) is 6. The summed E-state index contributed by atoms with van der Waals surface area (Å²) in [5, 5.41) is 1.47. The fourth-order valence-electron chi connectivity index (χ4n) is 18.7. The molecular formula is C85H50B4N6OS. The van der Waals surface area contributed by atoms with Gasteiger partial charge in [-0.15, -0.1) is 11.3 Å². The Bertz CT molecular complexity index is 5710. The number of benzene rings is 14. The molecule has 0 saturated heterocycles. The lowest BCUT2D eigenvalue weighted by Crippen LogP contribution is -2.68. The van der Waals surface area contributed by atoms with Crippen LogP contribution in [0, 0.1) is 0 Å². The van der Waals surface area contributed by atoms with E-state index in [1.807, 2.05) is 0 Å². The quantitative estimate of drug-likeness (QED) is 0.128. The highest BCUT2D eigenvalue weighted by atomic mass is 32.1. The van der Waals surface area contributed by atoms with Crippen molar-refractivity contribution < 1.29 is 0 Å². The molecule has 0 unspecified atom stereocenters. The van der Waals surface area contributed by atoms with Crippen molar-refractivity contribution in [2.75, 3.05) is 29.4 Å². The van der Waals surface area contributed by atoms with E-state index in [1.54, 1.807) is 11.3 Å². The van der Waals surface area contributed by atoms with E-state index in [-0.39, 0.29) is 32.3 Å². The molecule has 0 saturated carbocycles. The van der Waals surface area contributed by atoms with Crippen LogP contribution in [-0.2, 0) is 0 Å². The van der Waals surface area contributed by atoms with Crippen LogP contribution in [0.2, 0.25) is 0 Å². The van der Waals surface area contributed by atoms with Gasteiger partial charge in [-0.25, -0.2) is 0 Å². The van der Waals surface area contributed by atoms with Crippen molar-refractivity contribution in [3.05, 3.63) is 314 Å². The summed E-state index contributed by atoms with van der Waals surface area (Å²) in [6.07, 6.45) is 0. The van der Waals surface area contributed by atoms with Gasteiger partial charge in [-0.3, -0.25) is 4.79 Å².